The second-order valence-corrected chi connectivity index (χ2v) is 4.44. The van der Waals surface area contributed by atoms with Crippen molar-refractivity contribution < 1.29 is 9.53 Å². The van der Waals surface area contributed by atoms with Crippen molar-refractivity contribution in [1.29, 1.82) is 0 Å². The van der Waals surface area contributed by atoms with Gasteiger partial charge in [0, 0.05) is 16.9 Å². The molecule has 0 heterocycles. The number of Topliss-reactive ketones (excluding diaryl/α,β-unsaturated/α-hetero) is 1. The number of methoxy groups -OCH3 is 1. The van der Waals surface area contributed by atoms with Gasteiger partial charge in [0.25, 0.3) is 0 Å². The first kappa shape index (κ1) is 13.1. The third kappa shape index (κ3) is 3.27. The number of hydrogen-bond donors (Lipinski definition) is 0. The third-order valence-electron chi connectivity index (χ3n) is 2.47. The Morgan fingerprint density at radius 3 is 2.75 bits per heavy atom. The van der Waals surface area contributed by atoms with Crippen molar-refractivity contribution in [2.45, 2.75) is 31.1 Å². The van der Waals surface area contributed by atoms with Crippen LogP contribution in [0, 0.1) is 0 Å². The molecule has 2 nitrogen and oxygen atoms in total. The summed E-state index contributed by atoms with van der Waals surface area (Å²) in [5, 5.41) is 0. The number of hydrogen-bond acceptors (Lipinski definition) is 3. The molecule has 0 saturated heterocycles. The van der Waals surface area contributed by atoms with E-state index in [2.05, 4.69) is 6.92 Å². The number of thioether (sulfide) groups is 1. The molecule has 16 heavy (non-hydrogen) atoms. The number of ether oxygens (including phenoxy) is 1. The molecule has 0 aliphatic heterocycles. The Balaban J connectivity index is 2.90. The van der Waals surface area contributed by atoms with Gasteiger partial charge in [0.2, 0.25) is 0 Å². The van der Waals surface area contributed by atoms with Crippen molar-refractivity contribution >= 4 is 17.5 Å². The van der Waals surface area contributed by atoms with E-state index in [0.717, 1.165) is 29.1 Å². The molecular weight excluding hydrogens is 220 g/mol. The van der Waals surface area contributed by atoms with E-state index in [9.17, 15) is 4.79 Å². The van der Waals surface area contributed by atoms with Gasteiger partial charge in [-0.2, -0.15) is 0 Å². The second-order valence-electron chi connectivity index (χ2n) is 3.59. The summed E-state index contributed by atoms with van der Waals surface area (Å²) in [4.78, 5) is 12.9. The maximum absolute atomic E-state index is 11.9. The average Bonchev–Trinajstić information content (AvgIpc) is 2.34. The monoisotopic (exact) mass is 238 g/mol. The Hall–Kier alpha value is -0.960. The smallest absolute Gasteiger partial charge is 0.164 e. The fraction of sp³-hybridized carbons (Fsp3) is 0.462. The molecule has 0 atom stereocenters. The lowest BCUT2D eigenvalue weighted by Crippen LogP contribution is -2.01. The predicted molar refractivity (Wildman–Crippen MR) is 68.6 cm³/mol. The molecule has 0 saturated carbocycles. The minimum Gasteiger partial charge on any atom is -0.497 e. The molecule has 0 N–H and O–H groups in total. The molecule has 0 amide bonds. The average molecular weight is 238 g/mol. The maximum atomic E-state index is 11.9. The Morgan fingerprint density at radius 2 is 2.19 bits per heavy atom. The highest BCUT2D eigenvalue weighted by molar-refractivity contribution is 7.98. The molecule has 0 aliphatic rings. The van der Waals surface area contributed by atoms with Crippen LogP contribution in [0.4, 0.5) is 0 Å². The van der Waals surface area contributed by atoms with Gasteiger partial charge in [0.15, 0.2) is 5.78 Å². The molecule has 0 radical (unpaired) electrons. The van der Waals surface area contributed by atoms with Crippen LogP contribution in [-0.2, 0) is 0 Å². The molecule has 1 rings (SSSR count). The van der Waals surface area contributed by atoms with Crippen molar-refractivity contribution in [2.75, 3.05) is 13.4 Å². The summed E-state index contributed by atoms with van der Waals surface area (Å²) in [7, 11) is 1.64. The minimum atomic E-state index is 0.230. The van der Waals surface area contributed by atoms with E-state index in [-0.39, 0.29) is 5.78 Å². The molecule has 0 fully saturated rings. The molecule has 3 heteroatoms. The molecular formula is C13H18O2S. The van der Waals surface area contributed by atoms with E-state index in [0.29, 0.717) is 6.42 Å². The van der Waals surface area contributed by atoms with Crippen molar-refractivity contribution in [2.24, 2.45) is 0 Å². The highest BCUT2D eigenvalue weighted by Crippen LogP contribution is 2.26. The van der Waals surface area contributed by atoms with E-state index < -0.39 is 0 Å². The molecule has 88 valence electrons. The first-order valence-corrected chi connectivity index (χ1v) is 6.70. The topological polar surface area (TPSA) is 26.3 Å². The Kier molecular flexibility index (Phi) is 5.39. The van der Waals surface area contributed by atoms with Crippen LogP contribution in [0.15, 0.2) is 23.1 Å². The Labute approximate surface area is 101 Å². The van der Waals surface area contributed by atoms with E-state index >= 15 is 0 Å². The summed E-state index contributed by atoms with van der Waals surface area (Å²) in [5.74, 6) is 1.03. The van der Waals surface area contributed by atoms with Gasteiger partial charge in [-0.15, -0.1) is 11.8 Å². The van der Waals surface area contributed by atoms with Crippen LogP contribution in [-0.4, -0.2) is 19.1 Å². The van der Waals surface area contributed by atoms with Gasteiger partial charge >= 0.3 is 0 Å². The summed E-state index contributed by atoms with van der Waals surface area (Å²) in [6.45, 7) is 2.09. The number of ketones is 1. The predicted octanol–water partition coefficient (Wildman–Crippen LogP) is 3.79. The van der Waals surface area contributed by atoms with Gasteiger partial charge < -0.3 is 4.74 Å². The zero-order chi connectivity index (χ0) is 12.0. The minimum absolute atomic E-state index is 0.230. The normalized spacial score (nSPS) is 10.2. The van der Waals surface area contributed by atoms with Crippen molar-refractivity contribution in [3.8, 4) is 5.75 Å². The lowest BCUT2D eigenvalue weighted by Gasteiger charge is -2.08. The standard InChI is InChI=1S/C13H18O2S/c1-4-5-6-12(14)11-8-7-10(15-2)9-13(11)16-3/h7-9H,4-6H2,1-3H3. The Bertz CT molecular complexity index is 361. The number of carbonyl (C=O) groups is 1. The molecule has 0 aromatic heterocycles. The zero-order valence-corrected chi connectivity index (χ0v) is 10.9. The van der Waals surface area contributed by atoms with Crippen LogP contribution in [0.1, 0.15) is 36.5 Å². The summed E-state index contributed by atoms with van der Waals surface area (Å²) in [5.41, 5.74) is 0.821. The van der Waals surface area contributed by atoms with Crippen molar-refractivity contribution in [1.82, 2.24) is 0 Å². The molecule has 1 aromatic carbocycles. The van der Waals surface area contributed by atoms with E-state index in [1.54, 1.807) is 18.9 Å². The number of carbonyl (C=O) groups excluding carboxylic acids is 1. The zero-order valence-electron chi connectivity index (χ0n) is 10.1. The summed E-state index contributed by atoms with van der Waals surface area (Å²) in [6, 6.07) is 5.63. The van der Waals surface area contributed by atoms with Crippen LogP contribution in [0.5, 0.6) is 5.75 Å². The lowest BCUT2D eigenvalue weighted by atomic mass is 10.1. The van der Waals surface area contributed by atoms with E-state index in [4.69, 9.17) is 4.74 Å². The first-order chi connectivity index (χ1) is 7.72. The largest absolute Gasteiger partial charge is 0.497 e. The maximum Gasteiger partial charge on any atom is 0.164 e. The van der Waals surface area contributed by atoms with Crippen LogP contribution in [0.2, 0.25) is 0 Å². The Morgan fingerprint density at radius 1 is 1.44 bits per heavy atom. The first-order valence-electron chi connectivity index (χ1n) is 5.48. The lowest BCUT2D eigenvalue weighted by molar-refractivity contribution is 0.0977. The van der Waals surface area contributed by atoms with Crippen LogP contribution < -0.4 is 4.74 Å². The van der Waals surface area contributed by atoms with Gasteiger partial charge in [0.05, 0.1) is 7.11 Å². The SMILES string of the molecule is CCCCC(=O)c1ccc(OC)cc1SC. The van der Waals surface area contributed by atoms with Gasteiger partial charge in [-0.1, -0.05) is 13.3 Å². The van der Waals surface area contributed by atoms with Crippen LogP contribution in [0.25, 0.3) is 0 Å². The highest BCUT2D eigenvalue weighted by Gasteiger charge is 2.11. The third-order valence-corrected chi connectivity index (χ3v) is 3.24. The fourth-order valence-corrected chi connectivity index (χ4v) is 2.14. The van der Waals surface area contributed by atoms with Gasteiger partial charge in [-0.25, -0.2) is 0 Å². The highest BCUT2D eigenvalue weighted by atomic mass is 32.2. The molecule has 1 aromatic rings. The van der Waals surface area contributed by atoms with Gasteiger partial charge in [0.1, 0.15) is 5.75 Å². The van der Waals surface area contributed by atoms with Crippen molar-refractivity contribution in [3.05, 3.63) is 23.8 Å². The van der Waals surface area contributed by atoms with Gasteiger partial charge in [-0.3, -0.25) is 4.79 Å². The summed E-state index contributed by atoms with van der Waals surface area (Å²) < 4.78 is 5.15. The summed E-state index contributed by atoms with van der Waals surface area (Å²) in [6.07, 6.45) is 4.62. The molecule has 0 aliphatic carbocycles. The van der Waals surface area contributed by atoms with Crippen molar-refractivity contribution in [3.63, 3.8) is 0 Å². The molecule has 0 unspecified atom stereocenters. The number of benzene rings is 1. The molecule has 0 spiro atoms. The number of unbranched alkanes of at least 4 members (excludes halogenated alkanes) is 1. The van der Waals surface area contributed by atoms with E-state index in [1.165, 1.54) is 0 Å². The summed E-state index contributed by atoms with van der Waals surface area (Å²) >= 11 is 1.59. The quantitative estimate of drug-likeness (QED) is 0.557. The number of rotatable bonds is 6. The van der Waals surface area contributed by atoms with Gasteiger partial charge in [-0.05, 0) is 30.9 Å². The fourth-order valence-electron chi connectivity index (χ4n) is 1.50. The van der Waals surface area contributed by atoms with Crippen LogP contribution >= 0.6 is 11.8 Å². The van der Waals surface area contributed by atoms with Crippen LogP contribution in [0.3, 0.4) is 0 Å². The second kappa shape index (κ2) is 6.59. The van der Waals surface area contributed by atoms with E-state index in [1.807, 2.05) is 24.5 Å². The molecule has 0 bridgehead atoms.